The average Bonchev–Trinajstić information content (AvgIpc) is 3.56. The first kappa shape index (κ1) is 31.9. The number of carboxylic acid groups (broad SMARTS) is 1. The molecule has 0 radical (unpaired) electrons. The lowest BCUT2D eigenvalue weighted by atomic mass is 9.41. The highest BCUT2D eigenvalue weighted by Crippen LogP contribution is 2.89. The van der Waals surface area contributed by atoms with Gasteiger partial charge in [-0.25, -0.2) is 0 Å². The van der Waals surface area contributed by atoms with Crippen molar-refractivity contribution in [3.8, 4) is 0 Å². The summed E-state index contributed by atoms with van der Waals surface area (Å²) in [6.45, 7) is 13.4. The van der Waals surface area contributed by atoms with Gasteiger partial charge in [0.2, 0.25) is 0 Å². The monoisotopic (exact) mass is 604 g/mol. The lowest BCUT2D eigenvalue weighted by Gasteiger charge is -2.64. The second-order valence-electron chi connectivity index (χ2n) is 16.6. The van der Waals surface area contributed by atoms with Crippen LogP contribution < -0.4 is 0 Å². The topological polar surface area (TPSA) is 137 Å². The summed E-state index contributed by atoms with van der Waals surface area (Å²) in [7, 11) is 0. The van der Waals surface area contributed by atoms with Crippen LogP contribution >= 0.6 is 0 Å². The fourth-order valence-corrected chi connectivity index (χ4v) is 12.4. The van der Waals surface area contributed by atoms with Crippen LogP contribution in [0.2, 0.25) is 0 Å². The molecule has 43 heavy (non-hydrogen) atoms. The number of aliphatic hydroxyl groups excluding tert-OH is 4. The van der Waals surface area contributed by atoms with Crippen molar-refractivity contribution in [3.63, 3.8) is 0 Å². The van der Waals surface area contributed by atoms with Crippen LogP contribution in [0.25, 0.3) is 0 Å². The van der Waals surface area contributed by atoms with Crippen LogP contribution in [-0.4, -0.2) is 74.9 Å². The molecule has 6 aliphatic rings. The van der Waals surface area contributed by atoms with Crippen molar-refractivity contribution < 1.29 is 39.8 Å². The van der Waals surface area contributed by atoms with Crippen molar-refractivity contribution in [3.05, 3.63) is 11.6 Å². The van der Waals surface area contributed by atoms with Crippen molar-refractivity contribution in [1.29, 1.82) is 0 Å². The van der Waals surface area contributed by atoms with Crippen molar-refractivity contribution in [1.82, 2.24) is 0 Å². The van der Waals surface area contributed by atoms with Crippen LogP contribution in [0, 0.1) is 50.7 Å². The molecule has 8 heteroatoms. The van der Waals surface area contributed by atoms with Crippen molar-refractivity contribution in [2.75, 3.05) is 6.61 Å². The molecule has 8 nitrogen and oxygen atoms in total. The van der Waals surface area contributed by atoms with E-state index in [-0.39, 0.29) is 35.2 Å². The van der Waals surface area contributed by atoms with Gasteiger partial charge in [0.15, 0.2) is 6.29 Å². The molecule has 0 aromatic heterocycles. The van der Waals surface area contributed by atoms with Gasteiger partial charge in [0.25, 0.3) is 0 Å². The Morgan fingerprint density at radius 3 is 2.35 bits per heavy atom. The summed E-state index contributed by atoms with van der Waals surface area (Å²) >= 11 is 0. The minimum absolute atomic E-state index is 0.0490. The molecule has 6 fully saturated rings. The van der Waals surface area contributed by atoms with E-state index in [2.05, 4.69) is 40.7 Å². The van der Waals surface area contributed by atoms with E-state index in [4.69, 9.17) is 9.47 Å². The summed E-state index contributed by atoms with van der Waals surface area (Å²) in [6.07, 6.45) is 5.02. The molecule has 5 saturated carbocycles. The number of carbonyl (C=O) groups is 1. The van der Waals surface area contributed by atoms with Gasteiger partial charge < -0.3 is 35.0 Å². The van der Waals surface area contributed by atoms with E-state index in [0.29, 0.717) is 17.8 Å². The molecular formula is C35H56O8. The Hall–Kier alpha value is -1.03. The molecule has 5 aliphatic carbocycles. The molecule has 1 heterocycles. The number of rotatable bonds is 7. The summed E-state index contributed by atoms with van der Waals surface area (Å²) in [5.41, 5.74) is 0.0200. The average molecular weight is 605 g/mol. The maximum Gasteiger partial charge on any atom is 0.312 e. The summed E-state index contributed by atoms with van der Waals surface area (Å²) in [5, 5.41) is 53.5. The molecule has 15 unspecified atom stereocenters. The van der Waals surface area contributed by atoms with Crippen LogP contribution in [0.3, 0.4) is 0 Å². The highest BCUT2D eigenvalue weighted by atomic mass is 16.7. The number of aliphatic hydroxyl groups is 4. The Bertz CT molecular complexity index is 1140. The van der Waals surface area contributed by atoms with E-state index in [1.165, 1.54) is 24.8 Å². The normalized spacial score (nSPS) is 54.4. The zero-order valence-corrected chi connectivity index (χ0v) is 27.1. The predicted octanol–water partition coefficient (Wildman–Crippen LogP) is 4.67. The second kappa shape index (κ2) is 10.5. The number of aliphatic carboxylic acids is 1. The molecule has 5 N–H and O–H groups in total. The maximum atomic E-state index is 13.2. The summed E-state index contributed by atoms with van der Waals surface area (Å²) in [6, 6.07) is 0. The zero-order chi connectivity index (χ0) is 31.3. The zero-order valence-electron chi connectivity index (χ0n) is 27.1. The van der Waals surface area contributed by atoms with E-state index in [1.54, 1.807) is 6.92 Å². The Kier molecular flexibility index (Phi) is 7.79. The quantitative estimate of drug-likeness (QED) is 0.209. The van der Waals surface area contributed by atoms with E-state index >= 15 is 0 Å². The standard InChI is InChI=1S/C35H56O8/c1-19(2)8-7-9-20(3)21-12-13-32(5)23-10-11-24-33(6,30(40)41)26(43-29-28(39)27(38)22(36)17-42-29)16-25(37)35(24)18-34(23,35)15-14-31(21,32)4/h8,20-29,36-39H,7,9-18H2,1-6H3,(H,40,41). The Morgan fingerprint density at radius 1 is 0.977 bits per heavy atom. The number of allylic oxidation sites excluding steroid dienone is 2. The Labute approximate surface area is 257 Å². The molecule has 6 rings (SSSR count). The summed E-state index contributed by atoms with van der Waals surface area (Å²) in [4.78, 5) is 13.2. The van der Waals surface area contributed by atoms with Gasteiger partial charge in [-0.3, -0.25) is 4.79 Å². The molecule has 1 saturated heterocycles. The van der Waals surface area contributed by atoms with E-state index in [9.17, 15) is 30.3 Å². The van der Waals surface area contributed by atoms with Crippen LogP contribution in [0.15, 0.2) is 11.6 Å². The van der Waals surface area contributed by atoms with Crippen molar-refractivity contribution in [2.24, 2.45) is 50.7 Å². The van der Waals surface area contributed by atoms with Gasteiger partial charge in [-0.15, -0.1) is 0 Å². The smallest absolute Gasteiger partial charge is 0.312 e. The van der Waals surface area contributed by atoms with E-state index in [1.807, 2.05) is 0 Å². The largest absolute Gasteiger partial charge is 0.481 e. The highest BCUT2D eigenvalue weighted by Gasteiger charge is 2.86. The number of hydrogen-bond acceptors (Lipinski definition) is 7. The first-order chi connectivity index (χ1) is 20.1. The third-order valence-electron chi connectivity index (χ3n) is 14.9. The van der Waals surface area contributed by atoms with Gasteiger partial charge in [0.05, 0.1) is 24.2 Å². The van der Waals surface area contributed by atoms with Gasteiger partial charge in [-0.2, -0.15) is 0 Å². The van der Waals surface area contributed by atoms with Crippen LogP contribution in [0.5, 0.6) is 0 Å². The molecule has 0 aromatic carbocycles. The third-order valence-corrected chi connectivity index (χ3v) is 14.9. The predicted molar refractivity (Wildman–Crippen MR) is 161 cm³/mol. The lowest BCUT2D eigenvalue weighted by molar-refractivity contribution is -0.309. The van der Waals surface area contributed by atoms with Crippen LogP contribution in [0.4, 0.5) is 0 Å². The molecule has 15 atom stereocenters. The van der Waals surface area contributed by atoms with Crippen LogP contribution in [-0.2, 0) is 14.3 Å². The Balaban J connectivity index is 1.27. The van der Waals surface area contributed by atoms with Gasteiger partial charge in [-0.1, -0.05) is 32.4 Å². The molecule has 244 valence electrons. The van der Waals surface area contributed by atoms with Gasteiger partial charge in [0.1, 0.15) is 18.3 Å². The first-order valence-electron chi connectivity index (χ1n) is 17.0. The number of fused-ring (bicyclic) bond motifs is 2. The lowest BCUT2D eigenvalue weighted by Crippen LogP contribution is -2.65. The molecular weight excluding hydrogens is 548 g/mol. The minimum Gasteiger partial charge on any atom is -0.481 e. The second-order valence-corrected chi connectivity index (χ2v) is 16.6. The number of hydrogen-bond donors (Lipinski definition) is 5. The SMILES string of the molecule is CC(C)=CCCC(C)C1CCC2(C)C3CCC4C(C)(C(=O)O)C(OC5OCC(O)C(O)C5O)CC(O)C45CC35CCC12C. The molecule has 0 bridgehead atoms. The fraction of sp³-hybridized carbons (Fsp3) is 0.914. The number of ether oxygens (including phenoxy) is 2. The van der Waals surface area contributed by atoms with Gasteiger partial charge in [0, 0.05) is 11.8 Å². The number of carboxylic acids is 1. The van der Waals surface area contributed by atoms with E-state index < -0.39 is 53.6 Å². The van der Waals surface area contributed by atoms with E-state index in [0.717, 1.165) is 38.5 Å². The molecule has 2 spiro atoms. The van der Waals surface area contributed by atoms with Crippen molar-refractivity contribution >= 4 is 5.97 Å². The summed E-state index contributed by atoms with van der Waals surface area (Å²) < 4.78 is 11.7. The first-order valence-corrected chi connectivity index (χ1v) is 17.0. The molecule has 0 amide bonds. The fourth-order valence-electron chi connectivity index (χ4n) is 12.4. The maximum absolute atomic E-state index is 13.2. The van der Waals surface area contributed by atoms with Crippen molar-refractivity contribution in [2.45, 2.75) is 143 Å². The molecule has 1 aliphatic heterocycles. The summed E-state index contributed by atoms with van der Waals surface area (Å²) in [5.74, 6) is 0.605. The highest BCUT2D eigenvalue weighted by molar-refractivity contribution is 5.76. The minimum atomic E-state index is -1.51. The van der Waals surface area contributed by atoms with Gasteiger partial charge in [-0.05, 0) is 118 Å². The third kappa shape index (κ3) is 4.18. The molecule has 0 aromatic rings. The van der Waals surface area contributed by atoms with Crippen LogP contribution in [0.1, 0.15) is 106 Å². The Morgan fingerprint density at radius 2 is 1.67 bits per heavy atom. The van der Waals surface area contributed by atoms with Gasteiger partial charge >= 0.3 is 5.97 Å².